The van der Waals surface area contributed by atoms with E-state index in [1.165, 1.54) is 12.8 Å². The molecule has 2 rings (SSSR count). The molecule has 0 bridgehead atoms. The molecule has 1 aliphatic carbocycles. The molecule has 0 spiro atoms. The van der Waals surface area contributed by atoms with E-state index in [9.17, 15) is 9.59 Å². The van der Waals surface area contributed by atoms with Crippen molar-refractivity contribution in [3.05, 3.63) is 0 Å². The lowest BCUT2D eigenvalue weighted by Crippen LogP contribution is -2.50. The number of rotatable bonds is 6. The highest BCUT2D eigenvalue weighted by Gasteiger charge is 2.39. The quantitative estimate of drug-likeness (QED) is 0.692. The largest absolute Gasteiger partial charge is 0.481 e. The Bertz CT molecular complexity index is 382. The van der Waals surface area contributed by atoms with E-state index >= 15 is 0 Å². The third-order valence-electron chi connectivity index (χ3n) is 4.98. The SMILES string of the molecule is CN1CCCCC1CNC(=O)NCC1(CC(=O)O)CCC1. The molecule has 1 heterocycles. The van der Waals surface area contributed by atoms with E-state index in [0.29, 0.717) is 19.1 Å². The van der Waals surface area contributed by atoms with E-state index in [2.05, 4.69) is 22.6 Å². The van der Waals surface area contributed by atoms with Gasteiger partial charge in [-0.1, -0.05) is 12.8 Å². The van der Waals surface area contributed by atoms with E-state index in [1.54, 1.807) is 0 Å². The van der Waals surface area contributed by atoms with Gasteiger partial charge in [-0.15, -0.1) is 0 Å². The van der Waals surface area contributed by atoms with Crippen molar-refractivity contribution in [2.45, 2.75) is 51.0 Å². The molecular weight excluding hydrogens is 270 g/mol. The molecule has 2 fully saturated rings. The van der Waals surface area contributed by atoms with Gasteiger partial charge in [-0.05, 0) is 44.7 Å². The molecule has 0 aromatic carbocycles. The van der Waals surface area contributed by atoms with Gasteiger partial charge in [0.2, 0.25) is 0 Å². The molecular formula is C15H27N3O3. The minimum Gasteiger partial charge on any atom is -0.481 e. The molecule has 120 valence electrons. The number of amides is 2. The predicted molar refractivity (Wildman–Crippen MR) is 80.2 cm³/mol. The summed E-state index contributed by atoms with van der Waals surface area (Å²) in [4.78, 5) is 25.1. The van der Waals surface area contributed by atoms with Gasteiger partial charge in [-0.25, -0.2) is 4.79 Å². The highest BCUT2D eigenvalue weighted by Crippen LogP contribution is 2.43. The van der Waals surface area contributed by atoms with Gasteiger partial charge in [0, 0.05) is 19.1 Å². The summed E-state index contributed by atoms with van der Waals surface area (Å²) < 4.78 is 0. The van der Waals surface area contributed by atoms with Crippen LogP contribution in [-0.2, 0) is 4.79 Å². The third-order valence-corrected chi connectivity index (χ3v) is 4.98. The van der Waals surface area contributed by atoms with Gasteiger partial charge in [0.1, 0.15) is 0 Å². The summed E-state index contributed by atoms with van der Waals surface area (Å²) in [5.74, 6) is -0.777. The second-order valence-electron chi connectivity index (χ2n) is 6.62. The Hall–Kier alpha value is -1.30. The third kappa shape index (κ3) is 4.59. The van der Waals surface area contributed by atoms with Crippen molar-refractivity contribution in [3.63, 3.8) is 0 Å². The molecule has 6 nitrogen and oxygen atoms in total. The first-order valence-electron chi connectivity index (χ1n) is 7.94. The maximum atomic E-state index is 11.9. The van der Waals surface area contributed by atoms with Gasteiger partial charge in [0.15, 0.2) is 0 Å². The molecule has 1 aliphatic heterocycles. The normalized spacial score (nSPS) is 24.9. The lowest BCUT2D eigenvalue weighted by atomic mass is 9.66. The van der Waals surface area contributed by atoms with Crippen molar-refractivity contribution in [2.24, 2.45) is 5.41 Å². The van der Waals surface area contributed by atoms with Crippen molar-refractivity contribution in [1.29, 1.82) is 0 Å². The van der Waals surface area contributed by atoms with Crippen LogP contribution >= 0.6 is 0 Å². The van der Waals surface area contributed by atoms with Crippen LogP contribution in [0.4, 0.5) is 4.79 Å². The second kappa shape index (κ2) is 7.11. The molecule has 0 aromatic rings. The Balaban J connectivity index is 1.68. The average molecular weight is 297 g/mol. The standard InChI is InChI=1S/C15H27N3O3/c1-18-8-3-2-5-12(18)10-16-14(21)17-11-15(6-4-7-15)9-13(19)20/h12H,2-11H2,1H3,(H,19,20)(H2,16,17,21). The number of carboxylic acids is 1. The van der Waals surface area contributed by atoms with Gasteiger partial charge >= 0.3 is 12.0 Å². The Kier molecular flexibility index (Phi) is 5.45. The topological polar surface area (TPSA) is 81.7 Å². The van der Waals surface area contributed by atoms with E-state index in [-0.39, 0.29) is 17.9 Å². The summed E-state index contributed by atoms with van der Waals surface area (Å²) in [6.07, 6.45) is 6.58. The highest BCUT2D eigenvalue weighted by atomic mass is 16.4. The van der Waals surface area contributed by atoms with Crippen LogP contribution in [0.1, 0.15) is 44.9 Å². The van der Waals surface area contributed by atoms with Crippen molar-refractivity contribution in [2.75, 3.05) is 26.7 Å². The molecule has 1 atom stereocenters. The first kappa shape index (κ1) is 16.1. The van der Waals surface area contributed by atoms with Crippen LogP contribution in [0.3, 0.4) is 0 Å². The fourth-order valence-corrected chi connectivity index (χ4v) is 3.36. The number of hydrogen-bond acceptors (Lipinski definition) is 3. The zero-order chi connectivity index (χ0) is 15.3. The Morgan fingerprint density at radius 2 is 2.00 bits per heavy atom. The van der Waals surface area contributed by atoms with Gasteiger partial charge in [-0.3, -0.25) is 4.79 Å². The Labute approximate surface area is 126 Å². The first-order valence-corrected chi connectivity index (χ1v) is 7.94. The van der Waals surface area contributed by atoms with Crippen LogP contribution in [0.25, 0.3) is 0 Å². The van der Waals surface area contributed by atoms with Gasteiger partial charge in [-0.2, -0.15) is 0 Å². The predicted octanol–water partition coefficient (Wildman–Crippen LogP) is 1.41. The van der Waals surface area contributed by atoms with Gasteiger partial charge in [0.05, 0.1) is 6.42 Å². The first-order chi connectivity index (χ1) is 10.0. The minimum atomic E-state index is -0.777. The monoisotopic (exact) mass is 297 g/mol. The van der Waals surface area contributed by atoms with Crippen LogP contribution in [-0.4, -0.2) is 54.7 Å². The molecule has 6 heteroatoms. The lowest BCUT2D eigenvalue weighted by molar-refractivity contribution is -0.141. The van der Waals surface area contributed by atoms with Gasteiger partial charge in [0.25, 0.3) is 0 Å². The van der Waals surface area contributed by atoms with E-state index in [0.717, 1.165) is 32.2 Å². The van der Waals surface area contributed by atoms with Crippen LogP contribution in [0.15, 0.2) is 0 Å². The summed E-state index contributed by atoms with van der Waals surface area (Å²) >= 11 is 0. The molecule has 1 unspecified atom stereocenters. The fourth-order valence-electron chi connectivity index (χ4n) is 3.36. The molecule has 1 saturated heterocycles. The number of carboxylic acid groups (broad SMARTS) is 1. The lowest BCUT2D eigenvalue weighted by Gasteiger charge is -2.40. The summed E-state index contributed by atoms with van der Waals surface area (Å²) in [7, 11) is 2.10. The molecule has 21 heavy (non-hydrogen) atoms. The number of carbonyl (C=O) groups is 2. The molecule has 2 aliphatic rings. The van der Waals surface area contributed by atoms with Crippen molar-refractivity contribution >= 4 is 12.0 Å². The average Bonchev–Trinajstić information content (AvgIpc) is 2.40. The van der Waals surface area contributed by atoms with Crippen LogP contribution in [0, 0.1) is 5.41 Å². The molecule has 1 saturated carbocycles. The van der Waals surface area contributed by atoms with Gasteiger partial charge < -0.3 is 20.6 Å². The number of nitrogens with one attached hydrogen (secondary N) is 2. The maximum absolute atomic E-state index is 11.9. The zero-order valence-electron chi connectivity index (χ0n) is 12.9. The van der Waals surface area contributed by atoms with E-state index in [4.69, 9.17) is 5.11 Å². The summed E-state index contributed by atoms with van der Waals surface area (Å²) in [6.45, 7) is 2.22. The zero-order valence-corrected chi connectivity index (χ0v) is 12.9. The molecule has 3 N–H and O–H groups in total. The van der Waals surface area contributed by atoms with E-state index < -0.39 is 5.97 Å². The van der Waals surface area contributed by atoms with Crippen molar-refractivity contribution in [1.82, 2.24) is 15.5 Å². The molecule has 2 amide bonds. The number of aliphatic carboxylic acids is 1. The smallest absolute Gasteiger partial charge is 0.314 e. The number of piperidine rings is 1. The number of likely N-dealkylation sites (N-methyl/N-ethyl adjacent to an activating group) is 1. The number of likely N-dealkylation sites (tertiary alicyclic amines) is 1. The second-order valence-corrected chi connectivity index (χ2v) is 6.62. The minimum absolute atomic E-state index is 0.151. The van der Waals surface area contributed by atoms with E-state index in [1.807, 2.05) is 0 Å². The van der Waals surface area contributed by atoms with Crippen LogP contribution < -0.4 is 10.6 Å². The Morgan fingerprint density at radius 3 is 2.57 bits per heavy atom. The summed E-state index contributed by atoms with van der Waals surface area (Å²) in [6, 6.07) is 0.242. The Morgan fingerprint density at radius 1 is 1.24 bits per heavy atom. The molecule has 0 radical (unpaired) electrons. The number of carbonyl (C=O) groups excluding carboxylic acids is 1. The molecule has 0 aromatic heterocycles. The van der Waals surface area contributed by atoms with Crippen LogP contribution in [0.2, 0.25) is 0 Å². The maximum Gasteiger partial charge on any atom is 0.314 e. The van der Waals surface area contributed by atoms with Crippen molar-refractivity contribution < 1.29 is 14.7 Å². The number of nitrogens with zero attached hydrogens (tertiary/aromatic N) is 1. The number of urea groups is 1. The van der Waals surface area contributed by atoms with Crippen LogP contribution in [0.5, 0.6) is 0 Å². The highest BCUT2D eigenvalue weighted by molar-refractivity contribution is 5.74. The number of hydrogen-bond donors (Lipinski definition) is 3. The fraction of sp³-hybridized carbons (Fsp3) is 0.867. The van der Waals surface area contributed by atoms with Crippen molar-refractivity contribution in [3.8, 4) is 0 Å². The summed E-state index contributed by atoms with van der Waals surface area (Å²) in [5.41, 5.74) is -0.217. The summed E-state index contributed by atoms with van der Waals surface area (Å²) in [5, 5.41) is 14.7.